The molecule has 3 aromatic rings. The van der Waals surface area contributed by atoms with Crippen molar-refractivity contribution >= 4 is 16.9 Å². The Labute approximate surface area is 136 Å². The molecule has 2 aromatic carbocycles. The molecule has 3 rings (SSSR count). The van der Waals surface area contributed by atoms with Gasteiger partial charge in [0.1, 0.15) is 28.2 Å². The van der Waals surface area contributed by atoms with Gasteiger partial charge < -0.3 is 19.0 Å². The minimum atomic E-state index is -0.561. The lowest BCUT2D eigenvalue weighted by Gasteiger charge is -2.08. The summed E-state index contributed by atoms with van der Waals surface area (Å²) in [5.74, 6) is -0.272. The molecular formula is C18H14O6. The van der Waals surface area contributed by atoms with Crippen molar-refractivity contribution in [3.8, 4) is 22.8 Å². The van der Waals surface area contributed by atoms with E-state index in [1.807, 2.05) is 30.3 Å². The molecule has 0 aliphatic rings. The summed E-state index contributed by atoms with van der Waals surface area (Å²) in [6.07, 6.45) is 0. The van der Waals surface area contributed by atoms with Gasteiger partial charge >= 0.3 is 5.97 Å². The zero-order chi connectivity index (χ0) is 17.1. The predicted octanol–water partition coefficient (Wildman–Crippen LogP) is 2.72. The molecule has 24 heavy (non-hydrogen) atoms. The molecule has 0 saturated carbocycles. The second-order valence-corrected chi connectivity index (χ2v) is 5.02. The fourth-order valence-corrected chi connectivity index (χ4v) is 2.27. The van der Waals surface area contributed by atoms with Gasteiger partial charge in [-0.25, -0.2) is 4.79 Å². The monoisotopic (exact) mass is 326 g/mol. The summed E-state index contributed by atoms with van der Waals surface area (Å²) in [5, 5.41) is 10.1. The van der Waals surface area contributed by atoms with Gasteiger partial charge in [0.2, 0.25) is 0 Å². The van der Waals surface area contributed by atoms with E-state index in [4.69, 9.17) is 9.15 Å². The van der Waals surface area contributed by atoms with Crippen molar-refractivity contribution in [2.75, 3.05) is 13.7 Å². The zero-order valence-electron chi connectivity index (χ0n) is 12.8. The molecule has 6 heteroatoms. The number of methoxy groups -OCH3 is 1. The third-order valence-corrected chi connectivity index (χ3v) is 3.43. The van der Waals surface area contributed by atoms with E-state index in [1.54, 1.807) is 0 Å². The molecule has 0 aliphatic heterocycles. The fraction of sp³-hybridized carbons (Fsp3) is 0.111. The molecule has 0 spiro atoms. The van der Waals surface area contributed by atoms with Crippen LogP contribution in [0.4, 0.5) is 0 Å². The Morgan fingerprint density at radius 1 is 1.17 bits per heavy atom. The first-order valence-electron chi connectivity index (χ1n) is 7.14. The van der Waals surface area contributed by atoms with Crippen molar-refractivity contribution in [3.05, 3.63) is 58.8 Å². The van der Waals surface area contributed by atoms with Gasteiger partial charge in [-0.1, -0.05) is 30.3 Å². The van der Waals surface area contributed by atoms with Crippen LogP contribution < -0.4 is 10.2 Å². The summed E-state index contributed by atoms with van der Waals surface area (Å²) < 4.78 is 15.4. The van der Waals surface area contributed by atoms with Crippen LogP contribution in [0.2, 0.25) is 0 Å². The van der Waals surface area contributed by atoms with Crippen molar-refractivity contribution < 1.29 is 23.8 Å². The van der Waals surface area contributed by atoms with E-state index < -0.39 is 5.97 Å². The van der Waals surface area contributed by atoms with E-state index in [0.29, 0.717) is 5.76 Å². The minimum absolute atomic E-state index is 0.0556. The van der Waals surface area contributed by atoms with Crippen LogP contribution in [0.5, 0.6) is 11.5 Å². The van der Waals surface area contributed by atoms with Gasteiger partial charge in [-0.15, -0.1) is 0 Å². The van der Waals surface area contributed by atoms with Gasteiger partial charge in [-0.2, -0.15) is 0 Å². The highest BCUT2D eigenvalue weighted by Crippen LogP contribution is 2.31. The number of esters is 1. The van der Waals surface area contributed by atoms with Gasteiger partial charge in [0, 0.05) is 23.8 Å². The van der Waals surface area contributed by atoms with E-state index in [0.717, 1.165) is 5.56 Å². The Balaban J connectivity index is 2.07. The van der Waals surface area contributed by atoms with Crippen molar-refractivity contribution in [3.63, 3.8) is 0 Å². The van der Waals surface area contributed by atoms with Crippen LogP contribution in [0.25, 0.3) is 22.3 Å². The van der Waals surface area contributed by atoms with Crippen LogP contribution in [-0.4, -0.2) is 24.8 Å². The van der Waals surface area contributed by atoms with Crippen molar-refractivity contribution in [2.45, 2.75) is 0 Å². The first-order valence-corrected chi connectivity index (χ1v) is 7.14. The highest BCUT2D eigenvalue weighted by atomic mass is 16.6. The maximum absolute atomic E-state index is 12.3. The van der Waals surface area contributed by atoms with Crippen LogP contribution in [0.1, 0.15) is 0 Å². The number of carbonyl (C=O) groups excluding carboxylic acids is 1. The SMILES string of the molecule is COC(=O)COc1cc(O)c2c(=O)cc(-c3ccccc3)oc2c1. The van der Waals surface area contributed by atoms with Crippen molar-refractivity contribution in [1.29, 1.82) is 0 Å². The Morgan fingerprint density at radius 2 is 1.92 bits per heavy atom. The molecule has 0 atom stereocenters. The topological polar surface area (TPSA) is 86.0 Å². The summed E-state index contributed by atoms with van der Waals surface area (Å²) in [5.41, 5.74) is 0.533. The Kier molecular flexibility index (Phi) is 4.20. The lowest BCUT2D eigenvalue weighted by molar-refractivity contribution is -0.142. The Morgan fingerprint density at radius 3 is 2.62 bits per heavy atom. The summed E-state index contributed by atoms with van der Waals surface area (Å²) in [6, 6.07) is 13.2. The average molecular weight is 326 g/mol. The fourth-order valence-electron chi connectivity index (χ4n) is 2.27. The number of aromatic hydroxyl groups is 1. The standard InChI is InChI=1S/C18H14O6/c1-22-17(21)10-23-12-7-13(19)18-14(20)9-15(24-16(18)8-12)11-5-3-2-4-6-11/h2-9,19H,10H2,1H3. The lowest BCUT2D eigenvalue weighted by Crippen LogP contribution is -2.12. The molecule has 0 bridgehead atoms. The van der Waals surface area contributed by atoms with Crippen LogP contribution in [-0.2, 0) is 9.53 Å². The number of rotatable bonds is 4. The van der Waals surface area contributed by atoms with Gasteiger partial charge in [0.15, 0.2) is 12.0 Å². The quantitative estimate of drug-likeness (QED) is 0.742. The van der Waals surface area contributed by atoms with Gasteiger partial charge in [-0.3, -0.25) is 4.79 Å². The normalized spacial score (nSPS) is 10.5. The molecule has 1 N–H and O–H groups in total. The maximum atomic E-state index is 12.3. The van der Waals surface area contributed by atoms with Crippen LogP contribution in [0.15, 0.2) is 57.7 Å². The number of carbonyl (C=O) groups is 1. The number of phenols is 1. The highest BCUT2D eigenvalue weighted by molar-refractivity contribution is 5.86. The average Bonchev–Trinajstić information content (AvgIpc) is 2.59. The minimum Gasteiger partial charge on any atom is -0.507 e. The maximum Gasteiger partial charge on any atom is 0.343 e. The second-order valence-electron chi connectivity index (χ2n) is 5.02. The third kappa shape index (κ3) is 3.08. The predicted molar refractivity (Wildman–Crippen MR) is 87.1 cm³/mol. The molecule has 1 heterocycles. The second kappa shape index (κ2) is 6.45. The largest absolute Gasteiger partial charge is 0.507 e. The molecule has 0 radical (unpaired) electrons. The van der Waals surface area contributed by atoms with Gasteiger partial charge in [0.25, 0.3) is 0 Å². The molecule has 0 aliphatic carbocycles. The molecule has 0 saturated heterocycles. The smallest absolute Gasteiger partial charge is 0.343 e. The number of hydrogen-bond acceptors (Lipinski definition) is 6. The number of hydrogen-bond donors (Lipinski definition) is 1. The molecule has 0 amide bonds. The van der Waals surface area contributed by atoms with Gasteiger partial charge in [-0.05, 0) is 0 Å². The van der Waals surface area contributed by atoms with Crippen LogP contribution >= 0.6 is 0 Å². The van der Waals surface area contributed by atoms with Crippen LogP contribution in [0, 0.1) is 0 Å². The van der Waals surface area contributed by atoms with Crippen molar-refractivity contribution in [2.24, 2.45) is 0 Å². The summed E-state index contributed by atoms with van der Waals surface area (Å²) >= 11 is 0. The number of phenolic OH excluding ortho intramolecular Hbond substituents is 1. The molecular weight excluding hydrogens is 312 g/mol. The number of ether oxygens (including phenoxy) is 2. The Bertz CT molecular complexity index is 943. The van der Waals surface area contributed by atoms with Crippen LogP contribution in [0.3, 0.4) is 0 Å². The summed E-state index contributed by atoms with van der Waals surface area (Å²) in [6.45, 7) is -0.315. The molecule has 6 nitrogen and oxygen atoms in total. The van der Waals surface area contributed by atoms with E-state index in [-0.39, 0.29) is 34.5 Å². The third-order valence-electron chi connectivity index (χ3n) is 3.43. The lowest BCUT2D eigenvalue weighted by atomic mass is 10.1. The van der Waals surface area contributed by atoms with Gasteiger partial charge in [0.05, 0.1) is 7.11 Å². The number of benzene rings is 2. The Hall–Kier alpha value is -3.28. The van der Waals surface area contributed by atoms with E-state index in [9.17, 15) is 14.7 Å². The zero-order valence-corrected chi connectivity index (χ0v) is 12.8. The van der Waals surface area contributed by atoms with E-state index >= 15 is 0 Å². The first-order chi connectivity index (χ1) is 11.6. The van der Waals surface area contributed by atoms with E-state index in [1.165, 1.54) is 25.3 Å². The van der Waals surface area contributed by atoms with Crippen molar-refractivity contribution in [1.82, 2.24) is 0 Å². The molecule has 1 aromatic heterocycles. The number of fused-ring (bicyclic) bond motifs is 1. The summed E-state index contributed by atoms with van der Waals surface area (Å²) in [4.78, 5) is 23.4. The summed E-state index contributed by atoms with van der Waals surface area (Å²) in [7, 11) is 1.24. The highest BCUT2D eigenvalue weighted by Gasteiger charge is 2.13. The molecule has 122 valence electrons. The molecule has 0 fully saturated rings. The first kappa shape index (κ1) is 15.6. The molecule has 0 unspecified atom stereocenters. The van der Waals surface area contributed by atoms with E-state index in [2.05, 4.69) is 4.74 Å².